The van der Waals surface area contributed by atoms with E-state index in [0.29, 0.717) is 34.2 Å². The standard InChI is InChI=1S/C26H21N3O6/c1-32-20-9-5-6-17(12-20)25-21(14-29(28-25)19-7-3-2-4-8-19)26(31)33-15-24(30)27-18-10-11-22-23(13-18)35-16-34-22/h2-14H,15-16H2,1H3,(H,27,30). The Morgan fingerprint density at radius 3 is 2.66 bits per heavy atom. The summed E-state index contributed by atoms with van der Waals surface area (Å²) in [4.78, 5) is 25.4. The van der Waals surface area contributed by atoms with Gasteiger partial charge in [-0.1, -0.05) is 30.3 Å². The molecule has 0 atom stereocenters. The van der Waals surface area contributed by atoms with Crippen LogP contribution in [0.1, 0.15) is 10.4 Å². The second-order valence-corrected chi connectivity index (χ2v) is 7.60. The number of methoxy groups -OCH3 is 1. The lowest BCUT2D eigenvalue weighted by Gasteiger charge is -2.08. The number of nitrogens with zero attached hydrogens (tertiary/aromatic N) is 2. The van der Waals surface area contributed by atoms with Gasteiger partial charge in [0.2, 0.25) is 6.79 Å². The zero-order chi connectivity index (χ0) is 24.2. The average molecular weight is 471 g/mol. The van der Waals surface area contributed by atoms with Crippen molar-refractivity contribution >= 4 is 17.6 Å². The van der Waals surface area contributed by atoms with Crippen molar-refractivity contribution in [2.45, 2.75) is 0 Å². The van der Waals surface area contributed by atoms with Crippen LogP contribution in [0.3, 0.4) is 0 Å². The molecule has 9 heteroatoms. The first kappa shape index (κ1) is 22.0. The maximum absolute atomic E-state index is 13.0. The van der Waals surface area contributed by atoms with E-state index in [4.69, 9.17) is 18.9 Å². The number of hydrogen-bond acceptors (Lipinski definition) is 7. The molecule has 9 nitrogen and oxygen atoms in total. The first-order valence-corrected chi connectivity index (χ1v) is 10.8. The Hall–Kier alpha value is -4.79. The van der Waals surface area contributed by atoms with Gasteiger partial charge in [0.15, 0.2) is 18.1 Å². The quantitative estimate of drug-likeness (QED) is 0.406. The zero-order valence-corrected chi connectivity index (χ0v) is 18.8. The topological polar surface area (TPSA) is 101 Å². The third-order valence-electron chi connectivity index (χ3n) is 5.29. The summed E-state index contributed by atoms with van der Waals surface area (Å²) in [6.07, 6.45) is 1.59. The molecule has 5 rings (SSSR count). The lowest BCUT2D eigenvalue weighted by molar-refractivity contribution is -0.119. The SMILES string of the molecule is COc1cccc(-c2nn(-c3ccccc3)cc2C(=O)OCC(=O)Nc2ccc3c(c2)OCO3)c1. The molecule has 0 saturated carbocycles. The fourth-order valence-corrected chi connectivity index (χ4v) is 3.60. The van der Waals surface area contributed by atoms with Crippen molar-refractivity contribution in [3.63, 3.8) is 0 Å². The van der Waals surface area contributed by atoms with Crippen LogP contribution in [-0.4, -0.2) is 42.2 Å². The first-order chi connectivity index (χ1) is 17.1. The number of amides is 1. The highest BCUT2D eigenvalue weighted by Gasteiger charge is 2.22. The Kier molecular flexibility index (Phi) is 6.04. The van der Waals surface area contributed by atoms with Gasteiger partial charge in [0.25, 0.3) is 5.91 Å². The van der Waals surface area contributed by atoms with Gasteiger partial charge < -0.3 is 24.3 Å². The Morgan fingerprint density at radius 1 is 1.00 bits per heavy atom. The third-order valence-corrected chi connectivity index (χ3v) is 5.29. The summed E-state index contributed by atoms with van der Waals surface area (Å²) >= 11 is 0. The maximum atomic E-state index is 13.0. The molecular formula is C26H21N3O6. The van der Waals surface area contributed by atoms with Crippen LogP contribution >= 0.6 is 0 Å². The summed E-state index contributed by atoms with van der Waals surface area (Å²) in [5, 5.41) is 7.29. The number of nitrogens with one attached hydrogen (secondary N) is 1. The Balaban J connectivity index is 1.35. The number of anilines is 1. The Morgan fingerprint density at radius 2 is 1.83 bits per heavy atom. The number of hydrogen-bond donors (Lipinski definition) is 1. The molecule has 3 aromatic carbocycles. The minimum Gasteiger partial charge on any atom is -0.497 e. The smallest absolute Gasteiger partial charge is 0.342 e. The van der Waals surface area contributed by atoms with Gasteiger partial charge >= 0.3 is 5.97 Å². The van der Waals surface area contributed by atoms with Crippen LogP contribution in [-0.2, 0) is 9.53 Å². The molecule has 0 bridgehead atoms. The van der Waals surface area contributed by atoms with E-state index in [0.717, 1.165) is 5.69 Å². The van der Waals surface area contributed by atoms with Crippen LogP contribution in [0.15, 0.2) is 79.0 Å². The van der Waals surface area contributed by atoms with Crippen molar-refractivity contribution in [3.05, 3.63) is 84.6 Å². The molecule has 1 aliphatic heterocycles. The molecule has 2 heterocycles. The second-order valence-electron chi connectivity index (χ2n) is 7.60. The Labute approximate surface area is 200 Å². The van der Waals surface area contributed by atoms with E-state index in [-0.39, 0.29) is 12.4 Å². The molecule has 0 aliphatic carbocycles. The van der Waals surface area contributed by atoms with Gasteiger partial charge in [-0.25, -0.2) is 9.48 Å². The first-order valence-electron chi connectivity index (χ1n) is 10.8. The van der Waals surface area contributed by atoms with Crippen molar-refractivity contribution in [2.75, 3.05) is 25.8 Å². The molecule has 0 spiro atoms. The van der Waals surface area contributed by atoms with Crippen molar-refractivity contribution in [3.8, 4) is 34.2 Å². The summed E-state index contributed by atoms with van der Waals surface area (Å²) in [5.41, 5.74) is 2.59. The van der Waals surface area contributed by atoms with E-state index in [1.54, 1.807) is 48.3 Å². The van der Waals surface area contributed by atoms with Crippen molar-refractivity contribution < 1.29 is 28.5 Å². The molecule has 1 N–H and O–H groups in total. The number of benzene rings is 3. The number of para-hydroxylation sites is 1. The number of carbonyl (C=O) groups is 2. The van der Waals surface area contributed by atoms with Crippen molar-refractivity contribution in [1.29, 1.82) is 0 Å². The number of esters is 1. The zero-order valence-electron chi connectivity index (χ0n) is 18.8. The number of ether oxygens (including phenoxy) is 4. The molecule has 4 aromatic rings. The molecule has 0 unspecified atom stereocenters. The monoisotopic (exact) mass is 471 g/mol. The number of fused-ring (bicyclic) bond motifs is 1. The summed E-state index contributed by atoms with van der Waals surface area (Å²) < 4.78 is 22.8. The molecule has 1 aromatic heterocycles. The molecule has 35 heavy (non-hydrogen) atoms. The predicted octanol–water partition coefficient (Wildman–Crippen LogP) is 4.07. The van der Waals surface area contributed by atoms with Gasteiger partial charge in [0, 0.05) is 23.5 Å². The van der Waals surface area contributed by atoms with Crippen molar-refractivity contribution in [1.82, 2.24) is 9.78 Å². The molecule has 1 aliphatic rings. The van der Waals surface area contributed by atoms with Crippen LogP contribution in [0.5, 0.6) is 17.2 Å². The molecule has 176 valence electrons. The van der Waals surface area contributed by atoms with Crippen LogP contribution in [0.4, 0.5) is 5.69 Å². The number of carbonyl (C=O) groups excluding carboxylic acids is 2. The maximum Gasteiger partial charge on any atom is 0.342 e. The summed E-state index contributed by atoms with van der Waals surface area (Å²) in [5.74, 6) is 0.603. The van der Waals surface area contributed by atoms with E-state index in [9.17, 15) is 9.59 Å². The number of aromatic nitrogens is 2. The number of rotatable bonds is 7. The summed E-state index contributed by atoms with van der Waals surface area (Å²) in [6.45, 7) is -0.335. The van der Waals surface area contributed by atoms with Gasteiger partial charge in [-0.3, -0.25) is 4.79 Å². The van der Waals surface area contributed by atoms with Gasteiger partial charge in [0.05, 0.1) is 12.8 Å². The lowest BCUT2D eigenvalue weighted by atomic mass is 10.1. The minimum absolute atomic E-state index is 0.136. The highest BCUT2D eigenvalue weighted by Crippen LogP contribution is 2.34. The van der Waals surface area contributed by atoms with E-state index in [1.807, 2.05) is 42.5 Å². The lowest BCUT2D eigenvalue weighted by Crippen LogP contribution is -2.21. The highest BCUT2D eigenvalue weighted by molar-refractivity contribution is 5.99. The molecular weight excluding hydrogens is 450 g/mol. The van der Waals surface area contributed by atoms with Gasteiger partial charge in [-0.2, -0.15) is 5.10 Å². The molecule has 0 fully saturated rings. The van der Waals surface area contributed by atoms with E-state index >= 15 is 0 Å². The van der Waals surface area contributed by atoms with Crippen LogP contribution in [0.25, 0.3) is 16.9 Å². The van der Waals surface area contributed by atoms with Crippen LogP contribution in [0, 0.1) is 0 Å². The minimum atomic E-state index is -0.675. The largest absolute Gasteiger partial charge is 0.497 e. The van der Waals surface area contributed by atoms with Gasteiger partial charge in [-0.05, 0) is 36.4 Å². The van der Waals surface area contributed by atoms with Crippen LogP contribution in [0.2, 0.25) is 0 Å². The van der Waals surface area contributed by atoms with Crippen molar-refractivity contribution in [2.24, 2.45) is 0 Å². The summed E-state index contributed by atoms with van der Waals surface area (Å²) in [6, 6.07) is 21.6. The normalized spacial score (nSPS) is 11.7. The van der Waals surface area contributed by atoms with Gasteiger partial charge in [0.1, 0.15) is 17.0 Å². The van der Waals surface area contributed by atoms with E-state index in [2.05, 4.69) is 10.4 Å². The van der Waals surface area contributed by atoms with Crippen LogP contribution < -0.4 is 19.5 Å². The summed E-state index contributed by atoms with van der Waals surface area (Å²) in [7, 11) is 1.57. The van der Waals surface area contributed by atoms with E-state index < -0.39 is 18.5 Å². The highest BCUT2D eigenvalue weighted by atomic mass is 16.7. The fraction of sp³-hybridized carbons (Fsp3) is 0.115. The second kappa shape index (κ2) is 9.60. The van der Waals surface area contributed by atoms with Gasteiger partial charge in [-0.15, -0.1) is 0 Å². The Bertz CT molecular complexity index is 1380. The molecule has 1 amide bonds. The fourth-order valence-electron chi connectivity index (χ4n) is 3.60. The third kappa shape index (κ3) is 4.79. The average Bonchev–Trinajstić information content (AvgIpc) is 3.55. The molecule has 0 saturated heterocycles. The molecule has 0 radical (unpaired) electrons. The van der Waals surface area contributed by atoms with E-state index in [1.165, 1.54) is 0 Å². The predicted molar refractivity (Wildman–Crippen MR) is 127 cm³/mol.